The normalized spacial score (nSPS) is 16.2. The topological polar surface area (TPSA) is 82.5 Å². The van der Waals surface area contributed by atoms with Crippen molar-refractivity contribution < 1.29 is 19.1 Å². The molecule has 1 atom stereocenters. The van der Waals surface area contributed by atoms with Crippen molar-refractivity contribution in [1.82, 2.24) is 15.1 Å². The van der Waals surface area contributed by atoms with E-state index in [4.69, 9.17) is 9.47 Å². The van der Waals surface area contributed by atoms with Crippen LogP contribution in [-0.4, -0.2) is 48.0 Å². The van der Waals surface area contributed by atoms with E-state index in [1.54, 1.807) is 12.1 Å². The van der Waals surface area contributed by atoms with Gasteiger partial charge in [-0.05, 0) is 62.9 Å². The van der Waals surface area contributed by atoms with E-state index in [1.807, 2.05) is 30.7 Å². The fourth-order valence-corrected chi connectivity index (χ4v) is 3.49. The molecule has 0 radical (unpaired) electrons. The van der Waals surface area contributed by atoms with Crippen molar-refractivity contribution in [3.05, 3.63) is 46.8 Å². The lowest BCUT2D eigenvalue weighted by Crippen LogP contribution is -2.31. The summed E-state index contributed by atoms with van der Waals surface area (Å²) in [6, 6.07) is 7.35. The Labute approximate surface area is 165 Å². The maximum Gasteiger partial charge on any atom is 0.305 e. The number of carbonyl (C=O) groups excluding carboxylic acids is 2. The second kappa shape index (κ2) is 9.01. The minimum atomic E-state index is -0.232. The molecule has 0 saturated carbocycles. The summed E-state index contributed by atoms with van der Waals surface area (Å²) in [5.74, 6) is -0.334. The minimum absolute atomic E-state index is 0.103. The van der Waals surface area contributed by atoms with Crippen molar-refractivity contribution in [2.75, 3.05) is 20.3 Å². The van der Waals surface area contributed by atoms with E-state index in [9.17, 15) is 9.59 Å². The zero-order valence-corrected chi connectivity index (χ0v) is 16.7. The Kier molecular flexibility index (Phi) is 6.46. The summed E-state index contributed by atoms with van der Waals surface area (Å²) in [5, 5.41) is 7.52. The average Bonchev–Trinajstić information content (AvgIpc) is 3.32. The number of aromatic nitrogens is 2. The molecule has 0 bridgehead atoms. The molecule has 3 rings (SSSR count). The lowest BCUT2D eigenvalue weighted by Gasteiger charge is -2.11. The molecule has 0 aliphatic carbocycles. The van der Waals surface area contributed by atoms with Crippen LogP contribution in [0.15, 0.2) is 24.3 Å². The minimum Gasteiger partial charge on any atom is -0.469 e. The number of hydrogen-bond donors (Lipinski definition) is 1. The maximum atomic E-state index is 12.3. The van der Waals surface area contributed by atoms with Crippen LogP contribution >= 0.6 is 0 Å². The van der Waals surface area contributed by atoms with Gasteiger partial charge in [0.1, 0.15) is 0 Å². The number of methoxy groups -OCH3 is 1. The molecule has 1 amide bonds. The Bertz CT molecular complexity index is 836. The maximum absolute atomic E-state index is 12.3. The Morgan fingerprint density at radius 3 is 2.68 bits per heavy atom. The lowest BCUT2D eigenvalue weighted by molar-refractivity contribution is -0.140. The Hall–Kier alpha value is -2.67. The molecule has 1 fully saturated rings. The number of nitrogens with one attached hydrogen (secondary N) is 1. The molecular weight excluding hydrogens is 358 g/mol. The number of aryl methyl sites for hydroxylation is 1. The van der Waals surface area contributed by atoms with Gasteiger partial charge in [0.05, 0.1) is 24.6 Å². The number of amides is 1. The molecule has 1 aromatic carbocycles. The third kappa shape index (κ3) is 4.59. The zero-order valence-electron chi connectivity index (χ0n) is 16.7. The summed E-state index contributed by atoms with van der Waals surface area (Å²) in [5.41, 5.74) is 4.40. The quantitative estimate of drug-likeness (QED) is 0.741. The Morgan fingerprint density at radius 1 is 1.29 bits per heavy atom. The van der Waals surface area contributed by atoms with Crippen LogP contribution in [-0.2, 0) is 20.7 Å². The van der Waals surface area contributed by atoms with Crippen LogP contribution in [0.4, 0.5) is 0 Å². The number of rotatable bonds is 7. The van der Waals surface area contributed by atoms with Crippen molar-refractivity contribution in [3.8, 4) is 5.69 Å². The molecular formula is C21H27N3O4. The first-order chi connectivity index (χ1) is 13.5. The van der Waals surface area contributed by atoms with Crippen LogP contribution in [0.3, 0.4) is 0 Å². The van der Waals surface area contributed by atoms with E-state index in [-0.39, 0.29) is 18.0 Å². The molecule has 1 saturated heterocycles. The molecule has 7 nitrogen and oxygen atoms in total. The Balaban J connectivity index is 1.67. The average molecular weight is 385 g/mol. The van der Waals surface area contributed by atoms with Crippen molar-refractivity contribution >= 4 is 11.9 Å². The largest absolute Gasteiger partial charge is 0.469 e. The van der Waals surface area contributed by atoms with Gasteiger partial charge < -0.3 is 14.8 Å². The molecule has 2 heterocycles. The van der Waals surface area contributed by atoms with Crippen molar-refractivity contribution in [2.45, 2.75) is 45.6 Å². The summed E-state index contributed by atoms with van der Waals surface area (Å²) in [7, 11) is 1.39. The van der Waals surface area contributed by atoms with Crippen molar-refractivity contribution in [1.29, 1.82) is 0 Å². The van der Waals surface area contributed by atoms with Gasteiger partial charge in [0.25, 0.3) is 5.91 Å². The number of hydrogen-bond acceptors (Lipinski definition) is 5. The van der Waals surface area contributed by atoms with E-state index in [0.717, 1.165) is 42.1 Å². The summed E-state index contributed by atoms with van der Waals surface area (Å²) in [6.45, 7) is 5.24. The highest BCUT2D eigenvalue weighted by molar-refractivity contribution is 5.94. The molecule has 28 heavy (non-hydrogen) atoms. The predicted octanol–water partition coefficient (Wildman–Crippen LogP) is 2.50. The number of esters is 1. The highest BCUT2D eigenvalue weighted by atomic mass is 16.5. The molecule has 150 valence electrons. The van der Waals surface area contributed by atoms with E-state index in [1.165, 1.54) is 7.11 Å². The van der Waals surface area contributed by atoms with E-state index >= 15 is 0 Å². The molecule has 2 aromatic rings. The summed E-state index contributed by atoms with van der Waals surface area (Å²) in [6.07, 6.45) is 3.10. The van der Waals surface area contributed by atoms with Crippen LogP contribution < -0.4 is 5.32 Å². The van der Waals surface area contributed by atoms with Crippen LogP contribution in [0.2, 0.25) is 0 Å². The van der Waals surface area contributed by atoms with Gasteiger partial charge in [-0.1, -0.05) is 0 Å². The van der Waals surface area contributed by atoms with Gasteiger partial charge in [0.2, 0.25) is 0 Å². The van der Waals surface area contributed by atoms with E-state index < -0.39 is 0 Å². The number of ether oxygens (including phenoxy) is 2. The van der Waals surface area contributed by atoms with Gasteiger partial charge in [-0.3, -0.25) is 9.59 Å². The molecule has 0 spiro atoms. The molecule has 7 heteroatoms. The summed E-state index contributed by atoms with van der Waals surface area (Å²) < 4.78 is 12.1. The first-order valence-corrected chi connectivity index (χ1v) is 9.61. The van der Waals surface area contributed by atoms with Crippen LogP contribution in [0.1, 0.15) is 46.6 Å². The molecule has 1 unspecified atom stereocenters. The predicted molar refractivity (Wildman–Crippen MR) is 105 cm³/mol. The van der Waals surface area contributed by atoms with Gasteiger partial charge >= 0.3 is 5.97 Å². The van der Waals surface area contributed by atoms with Gasteiger partial charge in [-0.25, -0.2) is 4.68 Å². The first-order valence-electron chi connectivity index (χ1n) is 9.61. The fraction of sp³-hybridized carbons (Fsp3) is 0.476. The molecule has 1 N–H and O–H groups in total. The number of benzene rings is 1. The van der Waals surface area contributed by atoms with Crippen LogP contribution in [0.5, 0.6) is 0 Å². The summed E-state index contributed by atoms with van der Waals surface area (Å²) >= 11 is 0. The van der Waals surface area contributed by atoms with Gasteiger partial charge in [-0.15, -0.1) is 0 Å². The third-order valence-electron chi connectivity index (χ3n) is 5.14. The van der Waals surface area contributed by atoms with E-state index in [0.29, 0.717) is 24.9 Å². The van der Waals surface area contributed by atoms with Gasteiger partial charge in [0, 0.05) is 30.8 Å². The molecule has 1 aliphatic heterocycles. The van der Waals surface area contributed by atoms with Crippen molar-refractivity contribution in [3.63, 3.8) is 0 Å². The standard InChI is InChI=1S/C21H27N3O4/c1-14-19(10-11-20(25)27-3)15(2)24(23-14)17-8-6-16(7-9-17)21(26)22-13-18-5-4-12-28-18/h6-9,18H,4-5,10-13H2,1-3H3,(H,22,26). The monoisotopic (exact) mass is 385 g/mol. The third-order valence-corrected chi connectivity index (χ3v) is 5.14. The number of nitrogens with zero attached hydrogens (tertiary/aromatic N) is 2. The highest BCUT2D eigenvalue weighted by Crippen LogP contribution is 2.20. The zero-order chi connectivity index (χ0) is 20.1. The highest BCUT2D eigenvalue weighted by Gasteiger charge is 2.17. The van der Waals surface area contributed by atoms with Gasteiger partial charge in [-0.2, -0.15) is 5.10 Å². The summed E-state index contributed by atoms with van der Waals surface area (Å²) in [4.78, 5) is 23.7. The second-order valence-corrected chi connectivity index (χ2v) is 7.03. The van der Waals surface area contributed by atoms with Crippen LogP contribution in [0.25, 0.3) is 5.69 Å². The fourth-order valence-electron chi connectivity index (χ4n) is 3.49. The van der Waals surface area contributed by atoms with Crippen LogP contribution in [0, 0.1) is 13.8 Å². The smallest absolute Gasteiger partial charge is 0.305 e. The molecule has 1 aliphatic rings. The molecule has 1 aromatic heterocycles. The lowest BCUT2D eigenvalue weighted by atomic mass is 10.1. The number of carbonyl (C=O) groups is 2. The van der Waals surface area contributed by atoms with Gasteiger partial charge in [0.15, 0.2) is 0 Å². The second-order valence-electron chi connectivity index (χ2n) is 7.03. The van der Waals surface area contributed by atoms with E-state index in [2.05, 4.69) is 10.4 Å². The first kappa shape index (κ1) is 20.1. The SMILES string of the molecule is COC(=O)CCc1c(C)nn(-c2ccc(C(=O)NCC3CCCO3)cc2)c1C. The van der Waals surface area contributed by atoms with Crippen molar-refractivity contribution in [2.24, 2.45) is 0 Å². The Morgan fingerprint density at radius 2 is 2.04 bits per heavy atom.